The minimum Gasteiger partial charge on any atom is -0.390 e. The van der Waals surface area contributed by atoms with Crippen molar-refractivity contribution in [2.75, 3.05) is 0 Å². The van der Waals surface area contributed by atoms with E-state index in [1.807, 2.05) is 0 Å². The average Bonchev–Trinajstić information content (AvgIpc) is 2.02. The zero-order chi connectivity index (χ0) is 10.1. The van der Waals surface area contributed by atoms with Gasteiger partial charge in [0, 0.05) is 13.0 Å². The summed E-state index contributed by atoms with van der Waals surface area (Å²) in [6.07, 6.45) is 7.29. The van der Waals surface area contributed by atoms with Crippen molar-refractivity contribution in [2.45, 2.75) is 39.5 Å². The molecule has 3 nitrogen and oxygen atoms in total. The van der Waals surface area contributed by atoms with Crippen LogP contribution in [0.15, 0.2) is 12.2 Å². The van der Waals surface area contributed by atoms with E-state index < -0.39 is 11.9 Å². The second-order valence-electron chi connectivity index (χ2n) is 2.81. The molecule has 0 aliphatic heterocycles. The predicted octanol–water partition coefficient (Wildman–Crippen LogP) is 2.21. The van der Waals surface area contributed by atoms with Gasteiger partial charge in [0.2, 0.25) is 0 Å². The van der Waals surface area contributed by atoms with Gasteiger partial charge in [-0.05, 0) is 12.8 Å². The lowest BCUT2D eigenvalue weighted by molar-refractivity contribution is -0.154. The molecule has 3 heteroatoms. The van der Waals surface area contributed by atoms with Crippen molar-refractivity contribution in [1.29, 1.82) is 0 Å². The largest absolute Gasteiger partial charge is 0.390 e. The molecule has 0 bridgehead atoms. The molecule has 0 aromatic heterocycles. The Balaban J connectivity index is 3.48. The number of carbonyl (C=O) groups is 2. The van der Waals surface area contributed by atoms with Gasteiger partial charge >= 0.3 is 11.9 Å². The summed E-state index contributed by atoms with van der Waals surface area (Å²) in [5.41, 5.74) is 0. The third kappa shape index (κ3) is 8.79. The van der Waals surface area contributed by atoms with Crippen LogP contribution in [0.5, 0.6) is 0 Å². The number of esters is 2. The molecule has 0 aliphatic rings. The Morgan fingerprint density at radius 2 is 2.00 bits per heavy atom. The summed E-state index contributed by atoms with van der Waals surface area (Å²) in [6, 6.07) is 0. The van der Waals surface area contributed by atoms with Crippen molar-refractivity contribution < 1.29 is 14.3 Å². The lowest BCUT2D eigenvalue weighted by Gasteiger charge is -1.93. The van der Waals surface area contributed by atoms with Crippen molar-refractivity contribution in [3.8, 4) is 0 Å². The highest BCUT2D eigenvalue weighted by atomic mass is 16.6. The molecule has 0 rings (SSSR count). The van der Waals surface area contributed by atoms with Crippen LogP contribution in [0, 0.1) is 0 Å². The van der Waals surface area contributed by atoms with Crippen molar-refractivity contribution in [1.82, 2.24) is 0 Å². The van der Waals surface area contributed by atoms with Crippen LogP contribution in [0.3, 0.4) is 0 Å². The fourth-order valence-corrected chi connectivity index (χ4v) is 0.867. The topological polar surface area (TPSA) is 43.4 Å². The first-order valence-corrected chi connectivity index (χ1v) is 4.55. The van der Waals surface area contributed by atoms with Gasteiger partial charge in [0.05, 0.1) is 0 Å². The van der Waals surface area contributed by atoms with Gasteiger partial charge in [-0.15, -0.1) is 0 Å². The molecule has 13 heavy (non-hydrogen) atoms. The standard InChI is InChI=1S/C10H16O3/c1-3-4-5-6-7-8-10(12)13-9(2)11/h7-8H,3-6H2,1-2H3. The highest BCUT2D eigenvalue weighted by molar-refractivity contribution is 5.91. The quantitative estimate of drug-likeness (QED) is 0.285. The van der Waals surface area contributed by atoms with Crippen LogP contribution in [-0.2, 0) is 14.3 Å². The van der Waals surface area contributed by atoms with Crippen molar-refractivity contribution >= 4 is 11.9 Å². The Kier molecular flexibility index (Phi) is 6.88. The third-order valence-corrected chi connectivity index (χ3v) is 1.47. The lowest BCUT2D eigenvalue weighted by atomic mass is 10.2. The summed E-state index contributed by atoms with van der Waals surface area (Å²) < 4.78 is 4.29. The van der Waals surface area contributed by atoms with E-state index in [0.717, 1.165) is 25.7 Å². The predicted molar refractivity (Wildman–Crippen MR) is 50.1 cm³/mol. The van der Waals surface area contributed by atoms with Gasteiger partial charge < -0.3 is 4.74 Å². The van der Waals surface area contributed by atoms with Crippen LogP contribution < -0.4 is 0 Å². The Bertz CT molecular complexity index is 194. The molecule has 0 unspecified atom stereocenters. The zero-order valence-corrected chi connectivity index (χ0v) is 8.21. The Labute approximate surface area is 78.8 Å². The fraction of sp³-hybridized carbons (Fsp3) is 0.600. The Hall–Kier alpha value is -1.12. The van der Waals surface area contributed by atoms with E-state index in [4.69, 9.17) is 0 Å². The fourth-order valence-electron chi connectivity index (χ4n) is 0.867. The van der Waals surface area contributed by atoms with E-state index in [-0.39, 0.29) is 0 Å². The molecular formula is C10H16O3. The van der Waals surface area contributed by atoms with Crippen LogP contribution in [0.25, 0.3) is 0 Å². The summed E-state index contributed by atoms with van der Waals surface area (Å²) >= 11 is 0. The molecule has 0 N–H and O–H groups in total. The van der Waals surface area contributed by atoms with Gasteiger partial charge in [0.25, 0.3) is 0 Å². The summed E-state index contributed by atoms with van der Waals surface area (Å²) in [4.78, 5) is 21.1. The van der Waals surface area contributed by atoms with Crippen LogP contribution in [0.1, 0.15) is 39.5 Å². The number of hydrogen-bond donors (Lipinski definition) is 0. The number of hydrogen-bond acceptors (Lipinski definition) is 3. The number of allylic oxidation sites excluding steroid dienone is 1. The Morgan fingerprint density at radius 1 is 1.31 bits per heavy atom. The SMILES string of the molecule is CCCCCC=CC(=O)OC(C)=O. The van der Waals surface area contributed by atoms with E-state index >= 15 is 0 Å². The normalized spacial score (nSPS) is 10.3. The molecule has 0 atom stereocenters. The smallest absolute Gasteiger partial charge is 0.338 e. The summed E-state index contributed by atoms with van der Waals surface area (Å²) in [6.45, 7) is 3.33. The van der Waals surface area contributed by atoms with Gasteiger partial charge in [-0.2, -0.15) is 0 Å². The second kappa shape index (κ2) is 7.53. The molecule has 0 aromatic carbocycles. The second-order valence-corrected chi connectivity index (χ2v) is 2.81. The van der Waals surface area contributed by atoms with Crippen LogP contribution in [0.4, 0.5) is 0 Å². The first-order valence-electron chi connectivity index (χ1n) is 4.55. The maximum atomic E-state index is 10.8. The molecule has 0 saturated heterocycles. The van der Waals surface area contributed by atoms with E-state index in [0.29, 0.717) is 0 Å². The molecule has 0 fully saturated rings. The highest BCUT2D eigenvalue weighted by Gasteiger charge is 1.98. The average molecular weight is 184 g/mol. The van der Waals surface area contributed by atoms with E-state index in [9.17, 15) is 9.59 Å². The van der Waals surface area contributed by atoms with E-state index in [1.54, 1.807) is 6.08 Å². The van der Waals surface area contributed by atoms with Crippen LogP contribution >= 0.6 is 0 Å². The Morgan fingerprint density at radius 3 is 2.54 bits per heavy atom. The number of ether oxygens (including phenoxy) is 1. The van der Waals surface area contributed by atoms with Gasteiger partial charge in [-0.1, -0.05) is 25.8 Å². The van der Waals surface area contributed by atoms with Gasteiger partial charge in [-0.25, -0.2) is 4.79 Å². The lowest BCUT2D eigenvalue weighted by Crippen LogP contribution is -2.05. The first-order chi connectivity index (χ1) is 6.16. The van der Waals surface area contributed by atoms with Crippen molar-refractivity contribution in [3.05, 3.63) is 12.2 Å². The van der Waals surface area contributed by atoms with Crippen LogP contribution in [-0.4, -0.2) is 11.9 Å². The molecule has 0 aromatic rings. The number of rotatable bonds is 5. The van der Waals surface area contributed by atoms with E-state index in [2.05, 4.69) is 11.7 Å². The highest BCUT2D eigenvalue weighted by Crippen LogP contribution is 1.99. The van der Waals surface area contributed by atoms with Gasteiger partial charge in [0.15, 0.2) is 0 Å². The summed E-state index contributed by atoms with van der Waals surface area (Å²) in [7, 11) is 0. The zero-order valence-electron chi connectivity index (χ0n) is 8.21. The maximum Gasteiger partial charge on any atom is 0.338 e. The molecule has 0 saturated carbocycles. The minimum atomic E-state index is -0.580. The third-order valence-electron chi connectivity index (χ3n) is 1.47. The summed E-state index contributed by atoms with van der Waals surface area (Å²) in [5.74, 6) is -1.15. The first kappa shape index (κ1) is 11.9. The van der Waals surface area contributed by atoms with Gasteiger partial charge in [-0.3, -0.25) is 4.79 Å². The number of unbranched alkanes of at least 4 members (excludes halogenated alkanes) is 3. The molecule has 0 spiro atoms. The van der Waals surface area contributed by atoms with Crippen molar-refractivity contribution in [2.24, 2.45) is 0 Å². The van der Waals surface area contributed by atoms with Gasteiger partial charge in [0.1, 0.15) is 0 Å². The molecule has 0 radical (unpaired) electrons. The molecule has 0 heterocycles. The van der Waals surface area contributed by atoms with Crippen LogP contribution in [0.2, 0.25) is 0 Å². The minimum absolute atomic E-state index is 0.566. The monoisotopic (exact) mass is 184 g/mol. The molecular weight excluding hydrogens is 168 g/mol. The maximum absolute atomic E-state index is 10.8. The number of carbonyl (C=O) groups excluding carboxylic acids is 2. The summed E-state index contributed by atoms with van der Waals surface area (Å²) in [5, 5.41) is 0. The molecule has 74 valence electrons. The molecule has 0 aliphatic carbocycles. The molecule has 0 amide bonds. The van der Waals surface area contributed by atoms with Crippen molar-refractivity contribution in [3.63, 3.8) is 0 Å². The van der Waals surface area contributed by atoms with E-state index in [1.165, 1.54) is 13.0 Å².